The van der Waals surface area contributed by atoms with Gasteiger partial charge in [0.1, 0.15) is 5.83 Å². The molecule has 1 aromatic heterocycles. The maximum atomic E-state index is 15.1. The van der Waals surface area contributed by atoms with E-state index in [0.29, 0.717) is 28.9 Å². The lowest BCUT2D eigenvalue weighted by Gasteiger charge is -2.28. The van der Waals surface area contributed by atoms with Crippen molar-refractivity contribution in [2.24, 2.45) is 16.6 Å². The Hall–Kier alpha value is -2.99. The normalized spacial score (nSPS) is 13.7. The Bertz CT molecular complexity index is 960. The first-order valence-electron chi connectivity index (χ1n) is 9.55. The predicted octanol–water partition coefficient (Wildman–Crippen LogP) is 4.88. The summed E-state index contributed by atoms with van der Waals surface area (Å²) in [7, 11) is 1.73. The van der Waals surface area contributed by atoms with Crippen molar-refractivity contribution in [1.29, 1.82) is 0 Å². The van der Waals surface area contributed by atoms with Crippen molar-refractivity contribution in [2.45, 2.75) is 40.0 Å². The summed E-state index contributed by atoms with van der Waals surface area (Å²) in [5.41, 5.74) is 11.8. The van der Waals surface area contributed by atoms with E-state index in [1.807, 2.05) is 39.0 Å². The lowest BCUT2D eigenvalue weighted by Crippen LogP contribution is -2.30. The van der Waals surface area contributed by atoms with Crippen LogP contribution in [0.3, 0.4) is 0 Å². The van der Waals surface area contributed by atoms with Gasteiger partial charge in [0, 0.05) is 30.2 Å². The van der Waals surface area contributed by atoms with Gasteiger partial charge >= 0.3 is 0 Å². The third-order valence-electron chi connectivity index (χ3n) is 5.12. The van der Waals surface area contributed by atoms with Crippen LogP contribution < -0.4 is 11.6 Å². The molecule has 0 spiro atoms. The van der Waals surface area contributed by atoms with Crippen molar-refractivity contribution in [1.82, 2.24) is 9.99 Å². The van der Waals surface area contributed by atoms with Crippen LogP contribution in [0.2, 0.25) is 0 Å². The van der Waals surface area contributed by atoms with Crippen molar-refractivity contribution in [3.8, 4) is 0 Å². The number of aryl methyl sites for hydroxylation is 2. The van der Waals surface area contributed by atoms with Gasteiger partial charge in [0.2, 0.25) is 0 Å². The summed E-state index contributed by atoms with van der Waals surface area (Å²) in [5, 5.41) is 1.48. The standard InChI is InChI=1S/C23H30FN5/c1-7-14(2)23(24)19-12-17(9-11-20(19)27-5)22(21(13-25)29(6)26)18-10-8-15(3)28-16(18)4/h8-13,22H,5,7,25-26H2,1-4,6H3/b21-13-,23-14-. The molecular weight excluding hydrogens is 365 g/mol. The second-order valence-corrected chi connectivity index (χ2v) is 7.15. The number of allylic oxidation sites excluding steroid dienone is 2. The summed E-state index contributed by atoms with van der Waals surface area (Å²) >= 11 is 0. The highest BCUT2D eigenvalue weighted by Crippen LogP contribution is 2.38. The molecule has 1 aromatic carbocycles. The van der Waals surface area contributed by atoms with Crippen LogP contribution in [-0.2, 0) is 0 Å². The first kappa shape index (κ1) is 22.3. The van der Waals surface area contributed by atoms with E-state index >= 15 is 4.39 Å². The monoisotopic (exact) mass is 395 g/mol. The minimum Gasteiger partial charge on any atom is -0.403 e. The highest BCUT2D eigenvalue weighted by atomic mass is 19.1. The van der Waals surface area contributed by atoms with Gasteiger partial charge in [-0.05, 0) is 68.8 Å². The molecule has 4 N–H and O–H groups in total. The van der Waals surface area contributed by atoms with Crippen molar-refractivity contribution in [3.63, 3.8) is 0 Å². The molecule has 0 aliphatic rings. The molecule has 1 atom stereocenters. The third-order valence-corrected chi connectivity index (χ3v) is 5.12. The summed E-state index contributed by atoms with van der Waals surface area (Å²) in [6.07, 6.45) is 2.09. The van der Waals surface area contributed by atoms with Gasteiger partial charge in [-0.3, -0.25) is 9.98 Å². The van der Waals surface area contributed by atoms with Crippen molar-refractivity contribution in [2.75, 3.05) is 7.05 Å². The van der Waals surface area contributed by atoms with Crippen molar-refractivity contribution >= 4 is 18.2 Å². The van der Waals surface area contributed by atoms with E-state index in [9.17, 15) is 0 Å². The van der Waals surface area contributed by atoms with Crippen LogP contribution in [0.4, 0.5) is 10.1 Å². The molecule has 0 saturated heterocycles. The number of nitrogens with zero attached hydrogens (tertiary/aromatic N) is 3. The first-order valence-corrected chi connectivity index (χ1v) is 9.55. The van der Waals surface area contributed by atoms with Crippen LogP contribution in [-0.4, -0.2) is 23.8 Å². The Labute approximate surface area is 172 Å². The lowest BCUT2D eigenvalue weighted by molar-refractivity contribution is 0.414. The second kappa shape index (κ2) is 9.47. The third kappa shape index (κ3) is 4.71. The fourth-order valence-electron chi connectivity index (χ4n) is 3.36. The summed E-state index contributed by atoms with van der Waals surface area (Å²) in [6.45, 7) is 11.2. The van der Waals surface area contributed by atoms with Gasteiger partial charge in [-0.25, -0.2) is 10.2 Å². The van der Waals surface area contributed by atoms with Crippen LogP contribution in [0, 0.1) is 13.8 Å². The van der Waals surface area contributed by atoms with Crippen LogP contribution in [0.5, 0.6) is 0 Å². The van der Waals surface area contributed by atoms with E-state index in [2.05, 4.69) is 16.7 Å². The smallest absolute Gasteiger partial charge is 0.131 e. The van der Waals surface area contributed by atoms with Gasteiger partial charge in [0.15, 0.2) is 0 Å². The SMILES string of the molecule is C=Nc1ccc(C(/C(=C/N)N(C)N)c2ccc(C)nc2C)cc1/C(F)=C(\C)CC. The van der Waals surface area contributed by atoms with Crippen LogP contribution in [0.1, 0.15) is 54.3 Å². The highest BCUT2D eigenvalue weighted by molar-refractivity contribution is 5.74. The Balaban J connectivity index is 2.80. The van der Waals surface area contributed by atoms with Gasteiger partial charge in [0.05, 0.1) is 17.3 Å². The number of hydrogen-bond donors (Lipinski definition) is 2. The van der Waals surface area contributed by atoms with E-state index in [0.717, 1.165) is 22.5 Å². The van der Waals surface area contributed by atoms with Crippen molar-refractivity contribution < 1.29 is 4.39 Å². The number of aromatic nitrogens is 1. The van der Waals surface area contributed by atoms with Crippen LogP contribution in [0.15, 0.2) is 52.8 Å². The second-order valence-electron chi connectivity index (χ2n) is 7.15. The molecule has 1 unspecified atom stereocenters. The van der Waals surface area contributed by atoms with Gasteiger partial charge in [-0.15, -0.1) is 0 Å². The topological polar surface area (TPSA) is 80.5 Å². The van der Waals surface area contributed by atoms with Crippen molar-refractivity contribution in [3.05, 3.63) is 75.9 Å². The minimum atomic E-state index is -0.310. The molecule has 0 fully saturated rings. The van der Waals surface area contributed by atoms with E-state index in [4.69, 9.17) is 11.6 Å². The molecule has 0 aliphatic carbocycles. The van der Waals surface area contributed by atoms with Gasteiger partial charge in [-0.1, -0.05) is 19.1 Å². The summed E-state index contributed by atoms with van der Waals surface area (Å²) in [5.74, 6) is 5.49. The molecule has 1 heterocycles. The Morgan fingerprint density at radius 2 is 2.00 bits per heavy atom. The molecule has 2 aromatic rings. The predicted molar refractivity (Wildman–Crippen MR) is 119 cm³/mol. The maximum Gasteiger partial charge on any atom is 0.131 e. The Morgan fingerprint density at radius 3 is 2.52 bits per heavy atom. The molecule has 0 saturated carbocycles. The maximum absolute atomic E-state index is 15.1. The molecule has 2 rings (SSSR count). The van der Waals surface area contributed by atoms with E-state index in [-0.39, 0.29) is 11.7 Å². The molecule has 0 amide bonds. The average molecular weight is 396 g/mol. The van der Waals surface area contributed by atoms with Gasteiger partial charge in [0.25, 0.3) is 0 Å². The Kier molecular flexibility index (Phi) is 7.29. The number of benzene rings is 1. The number of likely N-dealkylation sites (N-methyl/N-ethyl adjacent to an activating group) is 1. The average Bonchev–Trinajstić information content (AvgIpc) is 2.70. The number of halogens is 1. The summed E-state index contributed by atoms with van der Waals surface area (Å²) < 4.78 is 15.1. The van der Waals surface area contributed by atoms with Gasteiger partial charge in [-0.2, -0.15) is 0 Å². The summed E-state index contributed by atoms with van der Waals surface area (Å²) in [4.78, 5) is 8.59. The minimum absolute atomic E-state index is 0.284. The number of aliphatic imine (C=N–C) groups is 1. The quantitative estimate of drug-likeness (QED) is 0.398. The number of rotatable bonds is 7. The zero-order chi connectivity index (χ0) is 21.7. The zero-order valence-electron chi connectivity index (χ0n) is 17.8. The van der Waals surface area contributed by atoms with E-state index in [1.165, 1.54) is 11.2 Å². The fraction of sp³-hybridized carbons (Fsp3) is 0.304. The molecule has 6 heteroatoms. The fourth-order valence-corrected chi connectivity index (χ4v) is 3.36. The molecule has 0 aliphatic heterocycles. The molecular formula is C23H30FN5. The molecule has 0 bridgehead atoms. The summed E-state index contributed by atoms with van der Waals surface area (Å²) in [6, 6.07) is 9.43. The molecule has 154 valence electrons. The highest BCUT2D eigenvalue weighted by Gasteiger charge is 2.25. The number of nitrogens with two attached hydrogens (primary N) is 2. The number of hydrogen-bond acceptors (Lipinski definition) is 5. The van der Waals surface area contributed by atoms with Crippen LogP contribution in [0.25, 0.3) is 5.83 Å². The number of pyridine rings is 1. The molecule has 0 radical (unpaired) electrons. The van der Waals surface area contributed by atoms with E-state index in [1.54, 1.807) is 26.1 Å². The van der Waals surface area contributed by atoms with E-state index < -0.39 is 0 Å². The lowest BCUT2D eigenvalue weighted by atomic mass is 9.86. The largest absolute Gasteiger partial charge is 0.403 e. The number of hydrazine groups is 1. The molecule has 5 nitrogen and oxygen atoms in total. The zero-order valence-corrected chi connectivity index (χ0v) is 17.8. The van der Waals surface area contributed by atoms with Crippen LogP contribution >= 0.6 is 0 Å². The Morgan fingerprint density at radius 1 is 1.31 bits per heavy atom. The molecule has 29 heavy (non-hydrogen) atoms. The first-order chi connectivity index (χ1) is 13.7. The van der Waals surface area contributed by atoms with Gasteiger partial charge < -0.3 is 10.7 Å².